The molecule has 0 saturated heterocycles. The number of aromatic nitrogens is 2. The van der Waals surface area contributed by atoms with Gasteiger partial charge in [0, 0.05) is 29.8 Å². The van der Waals surface area contributed by atoms with Crippen molar-refractivity contribution in [1.29, 1.82) is 0 Å². The van der Waals surface area contributed by atoms with E-state index in [4.69, 9.17) is 14.9 Å². The molecular formula is C20H21N5O2. The van der Waals surface area contributed by atoms with Gasteiger partial charge in [-0.15, -0.1) is 5.10 Å². The van der Waals surface area contributed by atoms with Crippen LogP contribution in [0.25, 0.3) is 0 Å². The lowest BCUT2D eigenvalue weighted by Gasteiger charge is -2.41. The Labute approximate surface area is 156 Å². The van der Waals surface area contributed by atoms with Crippen LogP contribution in [-0.4, -0.2) is 16.0 Å². The van der Waals surface area contributed by atoms with Crippen LogP contribution in [0.5, 0.6) is 0 Å². The van der Waals surface area contributed by atoms with Crippen LogP contribution in [0, 0.1) is 6.92 Å². The predicted molar refractivity (Wildman–Crippen MR) is 102 cm³/mol. The van der Waals surface area contributed by atoms with Gasteiger partial charge in [-0.1, -0.05) is 29.4 Å². The largest absolute Gasteiger partial charge is 0.408 e. The van der Waals surface area contributed by atoms with Crippen molar-refractivity contribution in [1.82, 2.24) is 10.2 Å². The lowest BCUT2D eigenvalue weighted by Crippen LogP contribution is -2.56. The maximum Gasteiger partial charge on any atom is 0.320 e. The molecule has 2 atom stereocenters. The standard InChI is InChI=1S/C20H21N5O2/c1-12-24-25-19(27-12)22-15-7-9-18-14(10-15)11-26-20(21,23-18)17-8-6-13-4-2-3-5-16(13)17/h2-5,7,9-10,17,23H,6,8,11,21H2,1H3,(H,22,25)/t17?,20-/m1/s1. The molecule has 1 unspecified atom stereocenters. The van der Waals surface area contributed by atoms with E-state index in [0.717, 1.165) is 29.8 Å². The van der Waals surface area contributed by atoms with Crippen LogP contribution in [0.1, 0.15) is 34.9 Å². The molecule has 7 heteroatoms. The fourth-order valence-corrected chi connectivity index (χ4v) is 4.02. The molecule has 2 heterocycles. The number of anilines is 3. The summed E-state index contributed by atoms with van der Waals surface area (Å²) in [6, 6.07) is 14.8. The topological polar surface area (TPSA) is 98.2 Å². The van der Waals surface area contributed by atoms with Gasteiger partial charge in [0.15, 0.2) is 5.85 Å². The quantitative estimate of drug-likeness (QED) is 0.656. The summed E-state index contributed by atoms with van der Waals surface area (Å²) < 4.78 is 11.5. The summed E-state index contributed by atoms with van der Waals surface area (Å²) in [6.45, 7) is 2.20. The predicted octanol–water partition coefficient (Wildman–Crippen LogP) is 3.41. The van der Waals surface area contributed by atoms with Gasteiger partial charge in [0.05, 0.1) is 6.61 Å². The maximum absolute atomic E-state index is 6.68. The molecule has 1 aliphatic carbocycles. The molecule has 0 spiro atoms. The minimum Gasteiger partial charge on any atom is -0.408 e. The van der Waals surface area contributed by atoms with Gasteiger partial charge in [-0.2, -0.15) is 0 Å². The number of rotatable bonds is 3. The fourth-order valence-electron chi connectivity index (χ4n) is 4.02. The fraction of sp³-hybridized carbons (Fsp3) is 0.300. The molecule has 27 heavy (non-hydrogen) atoms. The highest BCUT2D eigenvalue weighted by Crippen LogP contribution is 2.43. The number of hydrogen-bond donors (Lipinski definition) is 3. The Kier molecular flexibility index (Phi) is 3.66. The Morgan fingerprint density at radius 2 is 2.07 bits per heavy atom. The average Bonchev–Trinajstić information content (AvgIpc) is 3.28. The summed E-state index contributed by atoms with van der Waals surface area (Å²) in [4.78, 5) is 0. The number of nitrogens with two attached hydrogens (primary N) is 1. The van der Waals surface area contributed by atoms with E-state index < -0.39 is 5.85 Å². The molecule has 3 aromatic rings. The molecule has 2 aliphatic rings. The van der Waals surface area contributed by atoms with E-state index in [1.807, 2.05) is 18.2 Å². The summed E-state index contributed by atoms with van der Waals surface area (Å²) >= 11 is 0. The van der Waals surface area contributed by atoms with Crippen molar-refractivity contribution < 1.29 is 9.15 Å². The van der Waals surface area contributed by atoms with Gasteiger partial charge in [0.25, 0.3) is 0 Å². The van der Waals surface area contributed by atoms with Crippen LogP contribution in [0.3, 0.4) is 0 Å². The molecule has 1 aromatic heterocycles. The lowest BCUT2D eigenvalue weighted by molar-refractivity contribution is -0.0575. The Hall–Kier alpha value is -2.90. The minimum atomic E-state index is -0.905. The number of fused-ring (bicyclic) bond motifs is 2. The van der Waals surface area contributed by atoms with Crippen molar-refractivity contribution in [3.05, 3.63) is 65.0 Å². The van der Waals surface area contributed by atoms with E-state index in [1.54, 1.807) is 6.92 Å². The summed E-state index contributed by atoms with van der Waals surface area (Å²) in [5, 5.41) is 14.3. The van der Waals surface area contributed by atoms with Crippen molar-refractivity contribution >= 4 is 17.4 Å². The zero-order valence-corrected chi connectivity index (χ0v) is 15.0. The Balaban J connectivity index is 1.38. The zero-order chi connectivity index (χ0) is 18.4. The van der Waals surface area contributed by atoms with Gasteiger partial charge in [-0.05, 0) is 42.2 Å². The minimum absolute atomic E-state index is 0.126. The first-order chi connectivity index (χ1) is 13.1. The first-order valence-corrected chi connectivity index (χ1v) is 9.10. The van der Waals surface area contributed by atoms with Crippen molar-refractivity contribution in [2.24, 2.45) is 5.73 Å². The van der Waals surface area contributed by atoms with Gasteiger partial charge in [-0.25, -0.2) is 0 Å². The molecule has 2 aromatic carbocycles. The number of nitrogens with one attached hydrogen (secondary N) is 2. The third kappa shape index (κ3) is 2.85. The maximum atomic E-state index is 6.68. The Bertz CT molecular complexity index is 1000. The molecule has 7 nitrogen and oxygen atoms in total. The van der Waals surface area contributed by atoms with Gasteiger partial charge in [0.1, 0.15) is 0 Å². The summed E-state index contributed by atoms with van der Waals surface area (Å²) in [5.41, 5.74) is 12.2. The summed E-state index contributed by atoms with van der Waals surface area (Å²) in [6.07, 6.45) is 2.01. The SMILES string of the molecule is Cc1nnc(Nc2ccc3c(c2)CO[C@@](N)(C2CCc4ccccc42)N3)o1. The highest BCUT2D eigenvalue weighted by molar-refractivity contribution is 5.64. The van der Waals surface area contributed by atoms with Crippen molar-refractivity contribution in [3.8, 4) is 0 Å². The monoisotopic (exact) mass is 363 g/mol. The highest BCUT2D eigenvalue weighted by Gasteiger charge is 2.43. The van der Waals surface area contributed by atoms with Crippen LogP contribution < -0.4 is 16.4 Å². The van der Waals surface area contributed by atoms with E-state index >= 15 is 0 Å². The molecular weight excluding hydrogens is 342 g/mol. The Morgan fingerprint density at radius 1 is 1.19 bits per heavy atom. The molecule has 0 saturated carbocycles. The van der Waals surface area contributed by atoms with E-state index in [0.29, 0.717) is 18.5 Å². The Morgan fingerprint density at radius 3 is 2.93 bits per heavy atom. The first kappa shape index (κ1) is 16.3. The molecule has 1 aliphatic heterocycles. The molecule has 0 fully saturated rings. The molecule has 0 amide bonds. The highest BCUT2D eigenvalue weighted by atomic mass is 16.5. The molecule has 138 valence electrons. The first-order valence-electron chi connectivity index (χ1n) is 9.10. The molecule has 0 radical (unpaired) electrons. The van der Waals surface area contributed by atoms with E-state index in [-0.39, 0.29) is 5.92 Å². The normalized spacial score (nSPS) is 23.4. The lowest BCUT2D eigenvalue weighted by atomic mass is 9.94. The van der Waals surface area contributed by atoms with Crippen LogP contribution in [0.2, 0.25) is 0 Å². The van der Waals surface area contributed by atoms with Gasteiger partial charge < -0.3 is 19.8 Å². The van der Waals surface area contributed by atoms with E-state index in [9.17, 15) is 0 Å². The number of aryl methyl sites for hydroxylation is 2. The zero-order valence-electron chi connectivity index (χ0n) is 15.0. The van der Waals surface area contributed by atoms with E-state index in [1.165, 1.54) is 11.1 Å². The van der Waals surface area contributed by atoms with Crippen molar-refractivity contribution in [3.63, 3.8) is 0 Å². The molecule has 0 bridgehead atoms. The van der Waals surface area contributed by atoms with Crippen LogP contribution in [-0.2, 0) is 17.8 Å². The van der Waals surface area contributed by atoms with Crippen LogP contribution >= 0.6 is 0 Å². The van der Waals surface area contributed by atoms with Crippen molar-refractivity contribution in [2.75, 3.05) is 10.6 Å². The molecule has 5 rings (SSSR count). The van der Waals surface area contributed by atoms with Gasteiger partial charge in [-0.3, -0.25) is 5.73 Å². The smallest absolute Gasteiger partial charge is 0.320 e. The van der Waals surface area contributed by atoms with Crippen LogP contribution in [0.4, 0.5) is 17.4 Å². The second-order valence-electron chi connectivity index (χ2n) is 7.12. The van der Waals surface area contributed by atoms with Crippen molar-refractivity contribution in [2.45, 2.75) is 38.1 Å². The molecule has 4 N–H and O–H groups in total. The second-order valence-corrected chi connectivity index (χ2v) is 7.12. The average molecular weight is 363 g/mol. The second kappa shape index (κ2) is 6.07. The van der Waals surface area contributed by atoms with Gasteiger partial charge >= 0.3 is 6.01 Å². The number of ether oxygens (including phenoxy) is 1. The number of benzene rings is 2. The van der Waals surface area contributed by atoms with Gasteiger partial charge in [0.2, 0.25) is 5.89 Å². The third-order valence-electron chi connectivity index (χ3n) is 5.33. The van der Waals surface area contributed by atoms with Crippen LogP contribution in [0.15, 0.2) is 46.9 Å². The van der Waals surface area contributed by atoms with E-state index in [2.05, 4.69) is 45.1 Å². The number of nitrogens with zero attached hydrogens (tertiary/aromatic N) is 2. The number of hydrogen-bond acceptors (Lipinski definition) is 7. The summed E-state index contributed by atoms with van der Waals surface area (Å²) in [7, 11) is 0. The summed E-state index contributed by atoms with van der Waals surface area (Å²) in [5.74, 6) is -0.260. The third-order valence-corrected chi connectivity index (χ3v) is 5.33.